The van der Waals surface area contributed by atoms with E-state index in [4.69, 9.17) is 0 Å². The molecule has 4 fully saturated rings. The minimum Gasteiger partial charge on any atom is -0.311 e. The first-order valence-corrected chi connectivity index (χ1v) is 21.2. The van der Waals surface area contributed by atoms with Crippen LogP contribution in [0, 0.1) is 24.7 Å². The van der Waals surface area contributed by atoms with Gasteiger partial charge in [0.25, 0.3) is 6.71 Å². The van der Waals surface area contributed by atoms with Crippen LogP contribution in [-0.4, -0.2) is 11.3 Å². The van der Waals surface area contributed by atoms with Crippen LogP contribution in [0.25, 0.3) is 27.5 Å². The molecule has 0 spiro atoms. The van der Waals surface area contributed by atoms with E-state index in [1.807, 2.05) is 0 Å². The number of anilines is 6. The fourth-order valence-electron chi connectivity index (χ4n) is 13.0. The fourth-order valence-corrected chi connectivity index (χ4v) is 13.0. The van der Waals surface area contributed by atoms with Crippen molar-refractivity contribution in [3.05, 3.63) is 169 Å². The molecule has 7 aromatic carbocycles. The lowest BCUT2D eigenvalue weighted by atomic mass is 9.33. The lowest BCUT2D eigenvalue weighted by Crippen LogP contribution is -2.62. The highest BCUT2D eigenvalue weighted by molar-refractivity contribution is 7.01. The van der Waals surface area contributed by atoms with Crippen molar-refractivity contribution in [1.82, 2.24) is 4.57 Å². The summed E-state index contributed by atoms with van der Waals surface area (Å²) in [5, 5.41) is 2.74. The zero-order valence-corrected chi connectivity index (χ0v) is 32.4. The van der Waals surface area contributed by atoms with E-state index >= 15 is 0 Å². The molecule has 0 saturated heterocycles. The quantitative estimate of drug-likeness (QED) is 0.167. The van der Waals surface area contributed by atoms with Crippen molar-refractivity contribution in [2.45, 2.75) is 50.9 Å². The number of nitrogens with zero attached hydrogens (tertiary/aromatic N) is 3. The first-order chi connectivity index (χ1) is 28.1. The topological polar surface area (TPSA) is 11.4 Å². The number of aromatic nitrogens is 1. The van der Waals surface area contributed by atoms with Crippen molar-refractivity contribution in [2.75, 3.05) is 9.80 Å². The van der Waals surface area contributed by atoms with Gasteiger partial charge in [0.2, 0.25) is 0 Å². The van der Waals surface area contributed by atoms with Gasteiger partial charge in [0.1, 0.15) is 0 Å². The maximum absolute atomic E-state index is 2.64. The summed E-state index contributed by atoms with van der Waals surface area (Å²) in [6.07, 6.45) is 8.56. The normalized spacial score (nSPS) is 22.5. The molecule has 0 amide bonds. The zero-order chi connectivity index (χ0) is 37.4. The zero-order valence-electron chi connectivity index (χ0n) is 32.4. The Morgan fingerprint density at radius 1 is 0.474 bits per heavy atom. The summed E-state index contributed by atoms with van der Waals surface area (Å²) in [7, 11) is 0. The van der Waals surface area contributed by atoms with Gasteiger partial charge in [-0.2, -0.15) is 0 Å². The Morgan fingerprint density at radius 3 is 1.67 bits per heavy atom. The van der Waals surface area contributed by atoms with E-state index in [9.17, 15) is 0 Å². The first kappa shape index (κ1) is 32.1. The molecule has 4 heteroatoms. The van der Waals surface area contributed by atoms with Gasteiger partial charge in [-0.25, -0.2) is 0 Å². The van der Waals surface area contributed by atoms with Gasteiger partial charge in [-0.15, -0.1) is 0 Å². The maximum atomic E-state index is 2.64. The predicted molar refractivity (Wildman–Crippen MR) is 239 cm³/mol. The highest BCUT2D eigenvalue weighted by Crippen LogP contribution is 2.61. The number of hydrogen-bond acceptors (Lipinski definition) is 2. The number of aryl methyl sites for hydroxylation is 1. The third-order valence-corrected chi connectivity index (χ3v) is 14.8. The molecule has 14 rings (SSSR count). The molecule has 4 aliphatic carbocycles. The molecule has 274 valence electrons. The third-order valence-electron chi connectivity index (χ3n) is 14.8. The molecule has 4 bridgehead atoms. The molecule has 0 unspecified atom stereocenters. The van der Waals surface area contributed by atoms with E-state index < -0.39 is 0 Å². The van der Waals surface area contributed by atoms with E-state index in [1.54, 1.807) is 5.56 Å². The summed E-state index contributed by atoms with van der Waals surface area (Å²) >= 11 is 0. The van der Waals surface area contributed by atoms with Crippen LogP contribution in [0.2, 0.25) is 0 Å². The van der Waals surface area contributed by atoms with Crippen LogP contribution in [0.1, 0.15) is 49.7 Å². The second kappa shape index (κ2) is 11.8. The van der Waals surface area contributed by atoms with Crippen LogP contribution in [0.4, 0.5) is 34.1 Å². The summed E-state index contributed by atoms with van der Waals surface area (Å²) in [4.78, 5) is 5.02. The Labute approximate surface area is 335 Å². The molecule has 4 saturated carbocycles. The Bertz CT molecular complexity index is 2890. The second-order valence-electron chi connectivity index (χ2n) is 18.0. The van der Waals surface area contributed by atoms with Crippen molar-refractivity contribution >= 4 is 79.0 Å². The molecule has 8 aromatic rings. The van der Waals surface area contributed by atoms with Crippen LogP contribution in [0.5, 0.6) is 0 Å². The number of fused-ring (bicyclic) bond motifs is 7. The highest BCUT2D eigenvalue weighted by atomic mass is 15.2. The Kier molecular flexibility index (Phi) is 6.63. The molecular formula is C53H44BN3. The minimum atomic E-state index is 0.0282. The summed E-state index contributed by atoms with van der Waals surface area (Å²) in [5.74, 6) is 2.76. The fraction of sp³-hybridized carbons (Fsp3) is 0.208. The van der Waals surface area contributed by atoms with Gasteiger partial charge in [-0.1, -0.05) is 84.9 Å². The van der Waals surface area contributed by atoms with Gasteiger partial charge in [0.15, 0.2) is 0 Å². The Hall–Kier alpha value is -6.00. The average molecular weight is 734 g/mol. The number of hydrogen-bond donors (Lipinski definition) is 0. The largest absolute Gasteiger partial charge is 0.311 e. The summed E-state index contributed by atoms with van der Waals surface area (Å²) < 4.78 is 2.61. The van der Waals surface area contributed by atoms with Crippen LogP contribution in [0.15, 0.2) is 158 Å². The molecular weight excluding hydrogens is 689 g/mol. The van der Waals surface area contributed by atoms with Crippen molar-refractivity contribution in [3.8, 4) is 5.69 Å². The van der Waals surface area contributed by atoms with Crippen molar-refractivity contribution in [3.63, 3.8) is 0 Å². The van der Waals surface area contributed by atoms with Crippen LogP contribution < -0.4 is 26.2 Å². The first-order valence-electron chi connectivity index (χ1n) is 21.2. The average Bonchev–Trinajstić information content (AvgIpc) is 3.57. The Balaban J connectivity index is 1.09. The molecule has 3 nitrogen and oxygen atoms in total. The molecule has 2 aliphatic heterocycles. The van der Waals surface area contributed by atoms with E-state index in [0.29, 0.717) is 5.41 Å². The number of para-hydroxylation sites is 3. The maximum Gasteiger partial charge on any atom is 0.254 e. The lowest BCUT2D eigenvalue weighted by molar-refractivity contribution is -0.00512. The summed E-state index contributed by atoms with van der Waals surface area (Å²) in [5.41, 5.74) is 18.4. The van der Waals surface area contributed by atoms with Gasteiger partial charge in [-0.05, 0) is 169 Å². The Morgan fingerprint density at radius 2 is 1.02 bits per heavy atom. The monoisotopic (exact) mass is 733 g/mol. The standard InChI is InChI=1S/C53H44BN3/c1-34-22-24-43-50(26-34)56(40-14-6-3-7-15-40)48-20-10-18-46-51(48)54(43)52-47(55(46)39-12-4-2-5-13-39)19-11-21-49(52)57-44-17-9-8-16-41(44)42-30-38(23-25-45(42)57)53-31-35-27-36(32-53)29-37(28-35)33-53/h2-26,30,35-37H,27-29,31-33H2,1H3. The molecule has 0 atom stereocenters. The minimum absolute atomic E-state index is 0.0282. The number of rotatable bonds is 4. The van der Waals surface area contributed by atoms with Crippen molar-refractivity contribution < 1.29 is 0 Å². The van der Waals surface area contributed by atoms with Crippen molar-refractivity contribution in [2.24, 2.45) is 17.8 Å². The van der Waals surface area contributed by atoms with E-state index in [2.05, 4.69) is 179 Å². The summed E-state index contributed by atoms with van der Waals surface area (Å²) in [6.45, 7) is 2.25. The van der Waals surface area contributed by atoms with E-state index in [-0.39, 0.29) is 6.71 Å². The smallest absolute Gasteiger partial charge is 0.254 e. The van der Waals surface area contributed by atoms with Crippen LogP contribution in [0.3, 0.4) is 0 Å². The second-order valence-corrected chi connectivity index (χ2v) is 18.0. The van der Waals surface area contributed by atoms with Gasteiger partial charge in [-0.3, -0.25) is 0 Å². The lowest BCUT2D eigenvalue weighted by Gasteiger charge is -2.57. The molecule has 1 aromatic heterocycles. The molecule has 0 radical (unpaired) electrons. The van der Waals surface area contributed by atoms with Crippen LogP contribution >= 0.6 is 0 Å². The molecule has 0 N–H and O–H groups in total. The molecule has 57 heavy (non-hydrogen) atoms. The van der Waals surface area contributed by atoms with Gasteiger partial charge in [0, 0.05) is 50.6 Å². The van der Waals surface area contributed by atoms with Crippen molar-refractivity contribution in [1.29, 1.82) is 0 Å². The summed E-state index contributed by atoms with van der Waals surface area (Å²) in [6, 6.07) is 59.9. The molecule has 6 aliphatic rings. The van der Waals surface area contributed by atoms with Crippen LogP contribution in [-0.2, 0) is 5.41 Å². The van der Waals surface area contributed by atoms with Gasteiger partial charge in [0.05, 0.1) is 11.0 Å². The highest BCUT2D eigenvalue weighted by Gasteiger charge is 2.52. The van der Waals surface area contributed by atoms with Gasteiger partial charge >= 0.3 is 0 Å². The number of benzene rings is 7. The van der Waals surface area contributed by atoms with E-state index in [1.165, 1.54) is 122 Å². The predicted octanol–water partition coefficient (Wildman–Crippen LogP) is 11.6. The molecule has 3 heterocycles. The SMILES string of the molecule is Cc1ccc2c(c1)N(c1ccccc1)c1cccc3c1B2c1c(cccc1-n1c2ccccc2c2cc(C45CC6CC(CC(C6)C4)C5)ccc21)N3c1ccccc1. The van der Waals surface area contributed by atoms with E-state index in [0.717, 1.165) is 17.8 Å². The van der Waals surface area contributed by atoms with Gasteiger partial charge < -0.3 is 14.4 Å². The third kappa shape index (κ3) is 4.50.